The van der Waals surface area contributed by atoms with Crippen molar-refractivity contribution in [1.82, 2.24) is 5.32 Å². The average molecular weight is 380 g/mol. The van der Waals surface area contributed by atoms with E-state index < -0.39 is 11.6 Å². The van der Waals surface area contributed by atoms with Crippen LogP contribution in [0.3, 0.4) is 0 Å². The van der Waals surface area contributed by atoms with E-state index in [0.29, 0.717) is 5.11 Å². The number of nitrogens with zero attached hydrogens (tertiary/aromatic N) is 1. The van der Waals surface area contributed by atoms with Gasteiger partial charge in [-0.15, -0.1) is 0 Å². The fourth-order valence-electron chi connectivity index (χ4n) is 3.89. The Hall–Kier alpha value is -2.86. The van der Waals surface area contributed by atoms with Gasteiger partial charge < -0.3 is 14.8 Å². The predicted molar refractivity (Wildman–Crippen MR) is 108 cm³/mol. The number of fused-ring (bicyclic) bond motifs is 4. The number of ether oxygens (including phenoxy) is 2. The summed E-state index contributed by atoms with van der Waals surface area (Å²) in [7, 11) is 0. The average Bonchev–Trinajstić information content (AvgIpc) is 2.66. The Balaban J connectivity index is 1.86. The van der Waals surface area contributed by atoms with Crippen LogP contribution in [0.25, 0.3) is 0 Å². The molecular formula is C21H20N2O3S. The van der Waals surface area contributed by atoms with Crippen LogP contribution in [0.4, 0.5) is 5.69 Å². The van der Waals surface area contributed by atoms with Gasteiger partial charge in [0, 0.05) is 11.3 Å². The van der Waals surface area contributed by atoms with Gasteiger partial charge in [-0.05, 0) is 37.3 Å². The van der Waals surface area contributed by atoms with Crippen molar-refractivity contribution in [2.24, 2.45) is 5.92 Å². The highest BCUT2D eigenvalue weighted by atomic mass is 32.1. The van der Waals surface area contributed by atoms with Crippen molar-refractivity contribution in [3.8, 4) is 5.75 Å². The van der Waals surface area contributed by atoms with Crippen LogP contribution in [0.2, 0.25) is 0 Å². The zero-order valence-electron chi connectivity index (χ0n) is 14.9. The third-order valence-electron chi connectivity index (χ3n) is 5.02. The minimum absolute atomic E-state index is 0.148. The molecule has 0 radical (unpaired) electrons. The Bertz CT molecular complexity index is 901. The van der Waals surface area contributed by atoms with Gasteiger partial charge in [0.05, 0.1) is 6.04 Å². The maximum absolute atomic E-state index is 13.0. The highest BCUT2D eigenvalue weighted by Gasteiger charge is 2.59. The van der Waals surface area contributed by atoms with Crippen LogP contribution < -0.4 is 15.0 Å². The number of benzene rings is 2. The SMILES string of the molecule is C=CCOC(=O)[C@H]1[C@H]2NC(=S)N(c3ccccc3)[C@@]1(C)Oc1ccccc12. The number of rotatable bonds is 4. The summed E-state index contributed by atoms with van der Waals surface area (Å²) in [6, 6.07) is 17.0. The maximum atomic E-state index is 13.0. The highest BCUT2D eigenvalue weighted by molar-refractivity contribution is 7.80. The van der Waals surface area contributed by atoms with E-state index >= 15 is 0 Å². The molecule has 0 unspecified atom stereocenters. The van der Waals surface area contributed by atoms with Gasteiger partial charge in [-0.25, -0.2) is 0 Å². The van der Waals surface area contributed by atoms with E-state index in [1.54, 1.807) is 6.08 Å². The molecule has 1 N–H and O–H groups in total. The number of anilines is 1. The summed E-state index contributed by atoms with van der Waals surface area (Å²) in [5, 5.41) is 3.85. The lowest BCUT2D eigenvalue weighted by atomic mass is 9.79. The number of carbonyl (C=O) groups is 1. The zero-order chi connectivity index (χ0) is 19.0. The molecule has 5 nitrogen and oxygen atoms in total. The minimum Gasteiger partial charge on any atom is -0.466 e. The van der Waals surface area contributed by atoms with E-state index in [2.05, 4.69) is 11.9 Å². The first-order chi connectivity index (χ1) is 13.1. The van der Waals surface area contributed by atoms with Crippen molar-refractivity contribution >= 4 is 29.0 Å². The smallest absolute Gasteiger partial charge is 0.317 e. The summed E-state index contributed by atoms with van der Waals surface area (Å²) >= 11 is 5.66. The summed E-state index contributed by atoms with van der Waals surface area (Å²) in [4.78, 5) is 14.9. The van der Waals surface area contributed by atoms with Crippen LogP contribution in [-0.4, -0.2) is 23.4 Å². The Morgan fingerprint density at radius 3 is 2.74 bits per heavy atom. The molecule has 0 aromatic heterocycles. The monoisotopic (exact) mass is 380 g/mol. The number of esters is 1. The van der Waals surface area contributed by atoms with Crippen LogP contribution >= 0.6 is 12.2 Å². The Morgan fingerprint density at radius 1 is 1.30 bits per heavy atom. The number of hydrogen-bond acceptors (Lipinski definition) is 4. The Morgan fingerprint density at radius 2 is 2.00 bits per heavy atom. The van der Waals surface area contributed by atoms with E-state index in [9.17, 15) is 4.79 Å². The summed E-state index contributed by atoms with van der Waals surface area (Å²) in [6.45, 7) is 5.66. The largest absolute Gasteiger partial charge is 0.466 e. The molecular weight excluding hydrogens is 360 g/mol. The lowest BCUT2D eigenvalue weighted by Gasteiger charge is -2.55. The Kier molecular flexibility index (Phi) is 4.36. The molecule has 2 aliphatic heterocycles. The molecule has 2 aliphatic rings. The van der Waals surface area contributed by atoms with Gasteiger partial charge in [-0.3, -0.25) is 9.69 Å². The van der Waals surface area contributed by atoms with Crippen LogP contribution in [0, 0.1) is 5.92 Å². The third kappa shape index (κ3) is 2.77. The zero-order valence-corrected chi connectivity index (χ0v) is 15.7. The number of hydrogen-bond donors (Lipinski definition) is 1. The van der Waals surface area contributed by atoms with E-state index in [0.717, 1.165) is 17.0 Å². The van der Waals surface area contributed by atoms with E-state index in [4.69, 9.17) is 21.7 Å². The van der Waals surface area contributed by atoms with Gasteiger partial charge in [0.15, 0.2) is 5.11 Å². The molecule has 0 amide bonds. The van der Waals surface area contributed by atoms with Gasteiger partial charge in [0.25, 0.3) is 0 Å². The number of nitrogens with one attached hydrogen (secondary N) is 1. The van der Waals surface area contributed by atoms with Crippen molar-refractivity contribution < 1.29 is 14.3 Å². The summed E-state index contributed by atoms with van der Waals surface area (Å²) in [5.74, 6) is -0.235. The topological polar surface area (TPSA) is 50.8 Å². The molecule has 6 heteroatoms. The molecule has 0 saturated carbocycles. The molecule has 0 aliphatic carbocycles. The normalized spacial score (nSPS) is 25.7. The number of para-hydroxylation sites is 2. The highest BCUT2D eigenvalue weighted by Crippen LogP contribution is 2.49. The van der Waals surface area contributed by atoms with Gasteiger partial charge in [0.2, 0.25) is 5.72 Å². The van der Waals surface area contributed by atoms with Crippen LogP contribution in [-0.2, 0) is 9.53 Å². The van der Waals surface area contributed by atoms with Crippen LogP contribution in [0.5, 0.6) is 5.75 Å². The second-order valence-electron chi connectivity index (χ2n) is 6.69. The first kappa shape index (κ1) is 17.5. The molecule has 3 atom stereocenters. The molecule has 2 bridgehead atoms. The maximum Gasteiger partial charge on any atom is 0.317 e. The predicted octanol–water partition coefficient (Wildman–Crippen LogP) is 3.58. The molecule has 2 aromatic carbocycles. The van der Waals surface area contributed by atoms with E-state index in [1.165, 1.54) is 0 Å². The van der Waals surface area contributed by atoms with Gasteiger partial charge >= 0.3 is 5.97 Å². The number of thiocarbonyl (C=S) groups is 1. The molecule has 2 heterocycles. The molecule has 4 rings (SSSR count). The van der Waals surface area contributed by atoms with Gasteiger partial charge in [0.1, 0.15) is 18.3 Å². The summed E-state index contributed by atoms with van der Waals surface area (Å²) < 4.78 is 11.8. The van der Waals surface area contributed by atoms with Crippen molar-refractivity contribution in [1.29, 1.82) is 0 Å². The molecule has 138 valence electrons. The Labute approximate surface area is 163 Å². The molecule has 2 aromatic rings. The van der Waals surface area contributed by atoms with Crippen molar-refractivity contribution in [2.45, 2.75) is 18.7 Å². The second-order valence-corrected chi connectivity index (χ2v) is 7.08. The molecule has 1 fully saturated rings. The molecule has 1 saturated heterocycles. The van der Waals surface area contributed by atoms with E-state index in [-0.39, 0.29) is 18.6 Å². The van der Waals surface area contributed by atoms with Crippen LogP contribution in [0.15, 0.2) is 67.3 Å². The van der Waals surface area contributed by atoms with Gasteiger partial charge in [-0.2, -0.15) is 0 Å². The quantitative estimate of drug-likeness (QED) is 0.497. The summed E-state index contributed by atoms with van der Waals surface area (Å²) in [6.07, 6.45) is 1.56. The van der Waals surface area contributed by atoms with Crippen molar-refractivity contribution in [3.63, 3.8) is 0 Å². The van der Waals surface area contributed by atoms with Crippen molar-refractivity contribution in [3.05, 3.63) is 72.8 Å². The van der Waals surface area contributed by atoms with Crippen molar-refractivity contribution in [2.75, 3.05) is 11.5 Å². The fraction of sp³-hybridized carbons (Fsp3) is 0.238. The minimum atomic E-state index is -1.03. The first-order valence-corrected chi connectivity index (χ1v) is 9.18. The lowest BCUT2D eigenvalue weighted by molar-refractivity contribution is -0.159. The molecule has 27 heavy (non-hydrogen) atoms. The number of carbonyl (C=O) groups excluding carboxylic acids is 1. The second kappa shape index (κ2) is 6.70. The lowest BCUT2D eigenvalue weighted by Crippen LogP contribution is -2.71. The summed E-state index contributed by atoms with van der Waals surface area (Å²) in [5.41, 5.74) is 0.712. The third-order valence-corrected chi connectivity index (χ3v) is 5.32. The van der Waals surface area contributed by atoms with E-state index in [1.807, 2.05) is 66.4 Å². The van der Waals surface area contributed by atoms with Gasteiger partial charge in [-0.1, -0.05) is 49.1 Å². The fourth-order valence-corrected chi connectivity index (χ4v) is 4.30. The van der Waals surface area contributed by atoms with Crippen LogP contribution in [0.1, 0.15) is 18.5 Å². The standard InChI is InChI=1S/C21H20N2O3S/c1-3-13-25-19(24)17-18-15-11-7-8-12-16(15)26-21(17,2)23(20(27)22-18)14-9-5-4-6-10-14/h3-12,17-18H,1,13H2,2H3,(H,22,27)/t17-,18+,21+/m1/s1. The molecule has 0 spiro atoms. The first-order valence-electron chi connectivity index (χ1n) is 8.77.